The zero-order valence-electron chi connectivity index (χ0n) is 9.87. The van der Waals surface area contributed by atoms with Crippen LogP contribution in [0, 0.1) is 5.41 Å². The molecule has 3 nitrogen and oxygen atoms in total. The van der Waals surface area contributed by atoms with Crippen molar-refractivity contribution in [1.29, 1.82) is 0 Å². The molecule has 84 valence electrons. The van der Waals surface area contributed by atoms with Gasteiger partial charge in [-0.3, -0.25) is 0 Å². The molecule has 0 fully saturated rings. The molecule has 2 rings (SSSR count). The monoisotopic (exact) mass is 216 g/mol. The van der Waals surface area contributed by atoms with Gasteiger partial charge in [-0.05, 0) is 17.9 Å². The van der Waals surface area contributed by atoms with E-state index in [1.54, 1.807) is 0 Å². The van der Waals surface area contributed by atoms with Gasteiger partial charge in [0.25, 0.3) is 0 Å². The number of H-pyrrole nitrogens is 1. The van der Waals surface area contributed by atoms with E-state index in [1.165, 1.54) is 0 Å². The van der Waals surface area contributed by atoms with Crippen LogP contribution in [0.3, 0.4) is 0 Å². The lowest BCUT2D eigenvalue weighted by Gasteiger charge is -2.18. The third-order valence-corrected chi connectivity index (χ3v) is 2.42. The molecule has 0 aliphatic heterocycles. The Kier molecular flexibility index (Phi) is 2.54. The van der Waals surface area contributed by atoms with Crippen LogP contribution in [0.25, 0.3) is 10.9 Å². The summed E-state index contributed by atoms with van der Waals surface area (Å²) in [6.07, 6.45) is 0.839. The molecular formula is C13H16N2O. The van der Waals surface area contributed by atoms with Crippen LogP contribution in [0.1, 0.15) is 26.5 Å². The number of rotatable bonds is 1. The lowest BCUT2D eigenvalue weighted by atomic mass is 9.89. The van der Waals surface area contributed by atoms with Crippen LogP contribution in [0.4, 0.5) is 0 Å². The Bertz CT molecular complexity index is 564. The van der Waals surface area contributed by atoms with E-state index in [9.17, 15) is 4.79 Å². The Morgan fingerprint density at radius 3 is 2.62 bits per heavy atom. The molecule has 1 heterocycles. The molecule has 1 aromatic heterocycles. The first kappa shape index (κ1) is 10.9. The smallest absolute Gasteiger partial charge is 0.309 e. The van der Waals surface area contributed by atoms with Crippen molar-refractivity contribution in [3.63, 3.8) is 0 Å². The van der Waals surface area contributed by atoms with Crippen molar-refractivity contribution < 1.29 is 0 Å². The highest BCUT2D eigenvalue weighted by atomic mass is 16.1. The van der Waals surface area contributed by atoms with Crippen molar-refractivity contribution in [2.24, 2.45) is 5.41 Å². The van der Waals surface area contributed by atoms with Gasteiger partial charge in [0.15, 0.2) is 0 Å². The molecule has 2 aromatic rings. The Morgan fingerprint density at radius 1 is 1.25 bits per heavy atom. The van der Waals surface area contributed by atoms with E-state index in [4.69, 9.17) is 0 Å². The highest BCUT2D eigenvalue weighted by Crippen LogP contribution is 2.23. The number of nitrogens with one attached hydrogen (secondary N) is 1. The summed E-state index contributed by atoms with van der Waals surface area (Å²) >= 11 is 0. The summed E-state index contributed by atoms with van der Waals surface area (Å²) in [6.45, 7) is 6.46. The third kappa shape index (κ3) is 2.30. The number of aromatic nitrogens is 2. The minimum Gasteiger partial charge on any atom is -0.309 e. The van der Waals surface area contributed by atoms with E-state index >= 15 is 0 Å². The average molecular weight is 216 g/mol. The lowest BCUT2D eigenvalue weighted by molar-refractivity contribution is 0.407. The van der Waals surface area contributed by atoms with Gasteiger partial charge in [-0.2, -0.15) is 4.98 Å². The molecule has 0 bridgehead atoms. The van der Waals surface area contributed by atoms with Crippen LogP contribution in [-0.2, 0) is 6.42 Å². The molecule has 1 aromatic carbocycles. The zero-order valence-corrected chi connectivity index (χ0v) is 9.87. The van der Waals surface area contributed by atoms with Gasteiger partial charge in [-0.25, -0.2) is 4.79 Å². The number of hydrogen-bond acceptors (Lipinski definition) is 2. The van der Waals surface area contributed by atoms with E-state index in [1.807, 2.05) is 24.3 Å². The van der Waals surface area contributed by atoms with Gasteiger partial charge in [0.05, 0.1) is 5.52 Å². The Balaban J connectivity index is 2.64. The molecule has 0 aliphatic carbocycles. The molecule has 0 spiro atoms. The fourth-order valence-corrected chi connectivity index (χ4v) is 1.83. The number of para-hydroxylation sites is 1. The maximum Gasteiger partial charge on any atom is 0.345 e. The second kappa shape index (κ2) is 3.74. The van der Waals surface area contributed by atoms with E-state index in [0.29, 0.717) is 0 Å². The Hall–Kier alpha value is -1.64. The van der Waals surface area contributed by atoms with Crippen LogP contribution in [0.15, 0.2) is 29.1 Å². The molecular weight excluding hydrogens is 200 g/mol. The van der Waals surface area contributed by atoms with Crippen LogP contribution >= 0.6 is 0 Å². The second-order valence-corrected chi connectivity index (χ2v) is 5.28. The normalized spacial score (nSPS) is 11.9. The van der Waals surface area contributed by atoms with Gasteiger partial charge < -0.3 is 4.98 Å². The van der Waals surface area contributed by atoms with Crippen LogP contribution < -0.4 is 5.69 Å². The summed E-state index contributed by atoms with van der Waals surface area (Å²) in [5.74, 6) is 0. The first-order valence-corrected chi connectivity index (χ1v) is 5.44. The highest BCUT2D eigenvalue weighted by Gasteiger charge is 2.14. The van der Waals surface area contributed by atoms with Crippen LogP contribution in [0.2, 0.25) is 0 Å². The van der Waals surface area contributed by atoms with Gasteiger partial charge in [0.2, 0.25) is 0 Å². The summed E-state index contributed by atoms with van der Waals surface area (Å²) in [7, 11) is 0. The molecule has 0 saturated carbocycles. The van der Waals surface area contributed by atoms with Crippen molar-refractivity contribution in [2.75, 3.05) is 0 Å². The molecule has 0 radical (unpaired) electrons. The largest absolute Gasteiger partial charge is 0.345 e. The Morgan fingerprint density at radius 2 is 1.94 bits per heavy atom. The SMILES string of the molecule is CC(C)(C)Cc1[nH]c(=O)nc2ccccc12. The van der Waals surface area contributed by atoms with Crippen molar-refractivity contribution in [3.8, 4) is 0 Å². The molecule has 0 unspecified atom stereocenters. The average Bonchev–Trinajstić information content (AvgIpc) is 2.14. The van der Waals surface area contributed by atoms with E-state index < -0.39 is 0 Å². The van der Waals surface area contributed by atoms with Gasteiger partial charge in [-0.15, -0.1) is 0 Å². The summed E-state index contributed by atoms with van der Waals surface area (Å²) in [4.78, 5) is 18.2. The minimum absolute atomic E-state index is 0.146. The van der Waals surface area contributed by atoms with Gasteiger partial charge in [-0.1, -0.05) is 39.0 Å². The molecule has 0 atom stereocenters. The van der Waals surface area contributed by atoms with E-state index in [2.05, 4.69) is 30.7 Å². The quantitative estimate of drug-likeness (QED) is 0.796. The zero-order chi connectivity index (χ0) is 11.8. The first-order chi connectivity index (χ1) is 7.46. The van der Waals surface area contributed by atoms with E-state index in [0.717, 1.165) is 23.0 Å². The second-order valence-electron chi connectivity index (χ2n) is 5.28. The minimum atomic E-state index is -0.266. The number of aromatic amines is 1. The molecule has 0 aliphatic rings. The summed E-state index contributed by atoms with van der Waals surface area (Å²) in [6, 6.07) is 7.74. The number of benzene rings is 1. The summed E-state index contributed by atoms with van der Waals surface area (Å²) in [5.41, 5.74) is 1.62. The maximum atomic E-state index is 11.4. The molecule has 1 N–H and O–H groups in total. The Labute approximate surface area is 94.5 Å². The van der Waals surface area contributed by atoms with Crippen LogP contribution in [0.5, 0.6) is 0 Å². The number of fused-ring (bicyclic) bond motifs is 1. The van der Waals surface area contributed by atoms with Crippen molar-refractivity contribution in [1.82, 2.24) is 9.97 Å². The summed E-state index contributed by atoms with van der Waals surface area (Å²) < 4.78 is 0. The van der Waals surface area contributed by atoms with Gasteiger partial charge >= 0.3 is 5.69 Å². The van der Waals surface area contributed by atoms with Crippen molar-refractivity contribution >= 4 is 10.9 Å². The van der Waals surface area contributed by atoms with Crippen LogP contribution in [-0.4, -0.2) is 9.97 Å². The predicted molar refractivity (Wildman–Crippen MR) is 65.5 cm³/mol. The molecule has 16 heavy (non-hydrogen) atoms. The topological polar surface area (TPSA) is 45.8 Å². The highest BCUT2D eigenvalue weighted by molar-refractivity contribution is 5.80. The van der Waals surface area contributed by atoms with Gasteiger partial charge in [0.1, 0.15) is 0 Å². The fraction of sp³-hybridized carbons (Fsp3) is 0.385. The van der Waals surface area contributed by atoms with Crippen molar-refractivity contribution in [3.05, 3.63) is 40.4 Å². The standard InChI is InChI=1S/C13H16N2O/c1-13(2,3)8-11-9-6-4-5-7-10(9)14-12(16)15-11/h4-7H,8H2,1-3H3,(H,14,15,16). The van der Waals surface area contributed by atoms with Gasteiger partial charge in [0, 0.05) is 11.1 Å². The number of hydrogen-bond donors (Lipinski definition) is 1. The van der Waals surface area contributed by atoms with E-state index in [-0.39, 0.29) is 11.1 Å². The maximum absolute atomic E-state index is 11.4. The molecule has 0 amide bonds. The molecule has 0 saturated heterocycles. The third-order valence-electron chi connectivity index (χ3n) is 2.42. The summed E-state index contributed by atoms with van der Waals surface area (Å²) in [5, 5.41) is 1.04. The number of nitrogens with zero attached hydrogens (tertiary/aromatic N) is 1. The van der Waals surface area contributed by atoms with Crippen molar-refractivity contribution in [2.45, 2.75) is 27.2 Å². The fourth-order valence-electron chi connectivity index (χ4n) is 1.83. The first-order valence-electron chi connectivity index (χ1n) is 5.44. The predicted octanol–water partition coefficient (Wildman–Crippen LogP) is 2.51. The lowest BCUT2D eigenvalue weighted by Crippen LogP contribution is -2.18. The molecule has 3 heteroatoms.